The maximum Gasteiger partial charge on any atom is 0.249 e. The van der Waals surface area contributed by atoms with Gasteiger partial charge in [-0.3, -0.25) is 19.3 Å². The van der Waals surface area contributed by atoms with E-state index in [9.17, 15) is 14.4 Å². The van der Waals surface area contributed by atoms with Crippen LogP contribution >= 0.6 is 0 Å². The first kappa shape index (κ1) is 20.3. The quantitative estimate of drug-likeness (QED) is 0.718. The van der Waals surface area contributed by atoms with Crippen LogP contribution in [0.2, 0.25) is 0 Å². The molecule has 1 aliphatic carbocycles. The van der Waals surface area contributed by atoms with Gasteiger partial charge in [-0.15, -0.1) is 0 Å². The molecule has 4 rings (SSSR count). The number of nitrogens with zero attached hydrogens (tertiary/aromatic N) is 3. The molecule has 1 aromatic heterocycles. The second kappa shape index (κ2) is 8.78. The molecule has 1 aliphatic heterocycles. The van der Waals surface area contributed by atoms with Crippen molar-refractivity contribution in [1.82, 2.24) is 9.47 Å². The minimum Gasteiger partial charge on any atom is -0.329 e. The summed E-state index contributed by atoms with van der Waals surface area (Å²) in [5.41, 5.74) is 2.88. The summed E-state index contributed by atoms with van der Waals surface area (Å²) >= 11 is 0. The fraction of sp³-hybridized carbons (Fsp3) is 0.417. The molecule has 2 heterocycles. The summed E-state index contributed by atoms with van der Waals surface area (Å²) in [6, 6.07) is 13.8. The Labute approximate surface area is 176 Å². The van der Waals surface area contributed by atoms with Gasteiger partial charge in [0.05, 0.1) is 11.8 Å². The Morgan fingerprint density at radius 3 is 2.33 bits per heavy atom. The Hall–Kier alpha value is -3.02. The first-order valence-electron chi connectivity index (χ1n) is 10.7. The summed E-state index contributed by atoms with van der Waals surface area (Å²) in [6.45, 7) is 2.78. The summed E-state index contributed by atoms with van der Waals surface area (Å²) in [4.78, 5) is 43.2. The number of carbonyl (C=O) groups is 3. The zero-order valence-electron chi connectivity index (χ0n) is 17.3. The Balaban J connectivity index is 1.44. The normalized spacial score (nSPS) is 21.8. The van der Waals surface area contributed by atoms with E-state index < -0.39 is 0 Å². The fourth-order valence-electron chi connectivity index (χ4n) is 4.44. The van der Waals surface area contributed by atoms with E-state index in [1.165, 1.54) is 10.5 Å². The van der Waals surface area contributed by atoms with Gasteiger partial charge in [-0.25, -0.2) is 0 Å². The molecule has 2 fully saturated rings. The lowest BCUT2D eigenvalue weighted by atomic mass is 9.81. The summed E-state index contributed by atoms with van der Waals surface area (Å²) in [7, 11) is 0. The molecular weight excluding hydrogens is 378 g/mol. The van der Waals surface area contributed by atoms with Gasteiger partial charge in [0.1, 0.15) is 5.49 Å². The lowest BCUT2D eigenvalue weighted by Crippen LogP contribution is -2.33. The summed E-state index contributed by atoms with van der Waals surface area (Å²) in [6.07, 6.45) is 5.51. The predicted molar refractivity (Wildman–Crippen MR) is 112 cm³/mol. The van der Waals surface area contributed by atoms with Crippen molar-refractivity contribution in [2.75, 3.05) is 6.54 Å². The van der Waals surface area contributed by atoms with Crippen molar-refractivity contribution in [2.24, 2.45) is 16.8 Å². The van der Waals surface area contributed by atoms with E-state index in [2.05, 4.69) is 29.3 Å². The SMILES string of the molecule is Cc1ccc(Cn2ccccc2=NC(=O)CCN2C(=O)C3CCCCC3C2=O)cc1. The minimum absolute atomic E-state index is 0.0519. The number of hydrogen-bond acceptors (Lipinski definition) is 3. The van der Waals surface area contributed by atoms with Crippen molar-refractivity contribution < 1.29 is 14.4 Å². The van der Waals surface area contributed by atoms with Crippen LogP contribution in [0.15, 0.2) is 53.7 Å². The molecule has 6 heteroatoms. The fourth-order valence-corrected chi connectivity index (χ4v) is 4.44. The zero-order valence-corrected chi connectivity index (χ0v) is 17.3. The van der Waals surface area contributed by atoms with Crippen LogP contribution in [0.1, 0.15) is 43.2 Å². The highest BCUT2D eigenvalue weighted by atomic mass is 16.2. The van der Waals surface area contributed by atoms with E-state index in [4.69, 9.17) is 0 Å². The van der Waals surface area contributed by atoms with Gasteiger partial charge in [-0.2, -0.15) is 4.99 Å². The summed E-state index contributed by atoms with van der Waals surface area (Å²) < 4.78 is 1.92. The molecule has 1 saturated heterocycles. The minimum atomic E-state index is -0.325. The highest BCUT2D eigenvalue weighted by Gasteiger charge is 2.47. The van der Waals surface area contributed by atoms with Crippen LogP contribution in [0.5, 0.6) is 0 Å². The molecule has 2 atom stereocenters. The Morgan fingerprint density at radius 2 is 1.67 bits per heavy atom. The number of pyridine rings is 1. The molecule has 3 amide bonds. The van der Waals surface area contributed by atoms with E-state index in [1.54, 1.807) is 6.07 Å². The molecule has 6 nitrogen and oxygen atoms in total. The molecular formula is C24H27N3O3. The van der Waals surface area contributed by atoms with Crippen LogP contribution in [0.3, 0.4) is 0 Å². The number of aromatic nitrogens is 1. The van der Waals surface area contributed by atoms with Gasteiger partial charge in [0.25, 0.3) is 0 Å². The number of fused-ring (bicyclic) bond motifs is 1. The molecule has 0 N–H and O–H groups in total. The van der Waals surface area contributed by atoms with Gasteiger partial charge >= 0.3 is 0 Å². The van der Waals surface area contributed by atoms with Crippen molar-refractivity contribution in [1.29, 1.82) is 0 Å². The van der Waals surface area contributed by atoms with Crippen LogP contribution in [0.4, 0.5) is 0 Å². The predicted octanol–water partition coefficient (Wildman–Crippen LogP) is 2.84. The molecule has 30 heavy (non-hydrogen) atoms. The highest BCUT2D eigenvalue weighted by Crippen LogP contribution is 2.37. The topological polar surface area (TPSA) is 71.7 Å². The first-order chi connectivity index (χ1) is 14.5. The first-order valence-corrected chi connectivity index (χ1v) is 10.7. The number of rotatable bonds is 5. The second-order valence-corrected chi connectivity index (χ2v) is 8.25. The largest absolute Gasteiger partial charge is 0.329 e. The zero-order chi connectivity index (χ0) is 21.1. The Bertz CT molecular complexity index is 998. The van der Waals surface area contributed by atoms with Gasteiger partial charge in [0.15, 0.2) is 0 Å². The second-order valence-electron chi connectivity index (χ2n) is 8.25. The molecule has 0 radical (unpaired) electrons. The van der Waals surface area contributed by atoms with Crippen molar-refractivity contribution in [3.63, 3.8) is 0 Å². The number of likely N-dealkylation sites (tertiary alicyclic amines) is 1. The van der Waals surface area contributed by atoms with E-state index in [0.29, 0.717) is 12.0 Å². The van der Waals surface area contributed by atoms with Gasteiger partial charge in [0, 0.05) is 25.7 Å². The smallest absolute Gasteiger partial charge is 0.249 e. The van der Waals surface area contributed by atoms with E-state index in [1.807, 2.05) is 29.8 Å². The van der Waals surface area contributed by atoms with E-state index in [-0.39, 0.29) is 42.5 Å². The summed E-state index contributed by atoms with van der Waals surface area (Å²) in [5.74, 6) is -0.888. The third-order valence-electron chi connectivity index (χ3n) is 6.11. The van der Waals surface area contributed by atoms with Crippen LogP contribution < -0.4 is 5.49 Å². The third kappa shape index (κ3) is 4.27. The van der Waals surface area contributed by atoms with Crippen molar-refractivity contribution >= 4 is 17.7 Å². The molecule has 0 spiro atoms. The lowest BCUT2D eigenvalue weighted by molar-refractivity contribution is -0.140. The van der Waals surface area contributed by atoms with Crippen molar-refractivity contribution in [3.8, 4) is 0 Å². The van der Waals surface area contributed by atoms with E-state index >= 15 is 0 Å². The molecule has 2 aromatic rings. The Morgan fingerprint density at radius 1 is 1.00 bits per heavy atom. The number of carbonyl (C=O) groups excluding carboxylic acids is 3. The van der Waals surface area contributed by atoms with Crippen LogP contribution in [0.25, 0.3) is 0 Å². The van der Waals surface area contributed by atoms with Crippen LogP contribution in [-0.2, 0) is 20.9 Å². The lowest BCUT2D eigenvalue weighted by Gasteiger charge is -2.19. The maximum atomic E-state index is 12.6. The third-order valence-corrected chi connectivity index (χ3v) is 6.11. The molecule has 0 bridgehead atoms. The number of amides is 3. The number of imide groups is 1. The van der Waals surface area contributed by atoms with Crippen LogP contribution in [0, 0.1) is 18.8 Å². The van der Waals surface area contributed by atoms with Crippen molar-refractivity contribution in [3.05, 3.63) is 65.3 Å². The molecule has 2 aliphatic rings. The standard InChI is InChI=1S/C24H27N3O3/c1-17-9-11-18(12-10-17)16-26-14-5-4-8-21(26)25-22(28)13-15-27-23(29)19-6-2-3-7-20(19)24(27)30/h4-5,8-12,14,19-20H,2-3,6-7,13,15-16H2,1H3. The summed E-state index contributed by atoms with van der Waals surface area (Å²) in [5, 5.41) is 0. The van der Waals surface area contributed by atoms with Gasteiger partial charge in [-0.1, -0.05) is 48.7 Å². The van der Waals surface area contributed by atoms with Crippen molar-refractivity contribution in [2.45, 2.75) is 45.6 Å². The molecule has 1 aromatic carbocycles. The monoisotopic (exact) mass is 405 g/mol. The molecule has 156 valence electrons. The molecule has 1 saturated carbocycles. The molecule has 2 unspecified atom stereocenters. The maximum absolute atomic E-state index is 12.6. The van der Waals surface area contributed by atoms with E-state index in [0.717, 1.165) is 31.2 Å². The van der Waals surface area contributed by atoms with Crippen LogP contribution in [-0.4, -0.2) is 33.7 Å². The highest BCUT2D eigenvalue weighted by molar-refractivity contribution is 6.05. The van der Waals surface area contributed by atoms with Gasteiger partial charge < -0.3 is 4.57 Å². The van der Waals surface area contributed by atoms with Gasteiger partial charge in [-0.05, 0) is 37.5 Å². The van der Waals surface area contributed by atoms with Gasteiger partial charge in [0.2, 0.25) is 17.7 Å². The number of benzene rings is 1. The number of aryl methyl sites for hydroxylation is 1. The number of hydrogen-bond donors (Lipinski definition) is 0. The average molecular weight is 405 g/mol. The Kier molecular flexibility index (Phi) is 5.93. The average Bonchev–Trinajstić information content (AvgIpc) is 3.00.